The SMILES string of the molecule is CC(C)(C)CNC(=O)CNC(N)=O. The summed E-state index contributed by atoms with van der Waals surface area (Å²) in [7, 11) is 0. The molecule has 0 unspecified atom stereocenters. The van der Waals surface area contributed by atoms with Crippen LogP contribution in [-0.4, -0.2) is 25.0 Å². The predicted molar refractivity (Wildman–Crippen MR) is 50.1 cm³/mol. The van der Waals surface area contributed by atoms with Crippen LogP contribution >= 0.6 is 0 Å². The average Bonchev–Trinajstić information content (AvgIpc) is 1.95. The Hall–Kier alpha value is -1.26. The summed E-state index contributed by atoms with van der Waals surface area (Å²) in [6.45, 7) is 6.54. The van der Waals surface area contributed by atoms with E-state index in [0.717, 1.165) is 0 Å². The molecule has 3 amide bonds. The first-order valence-corrected chi connectivity index (χ1v) is 4.11. The molecule has 0 radical (unpaired) electrons. The second-order valence-electron chi connectivity index (χ2n) is 4.06. The van der Waals surface area contributed by atoms with Crippen molar-refractivity contribution >= 4 is 11.9 Å². The Morgan fingerprint density at radius 2 is 1.77 bits per heavy atom. The monoisotopic (exact) mass is 187 g/mol. The molecule has 5 nitrogen and oxygen atoms in total. The van der Waals surface area contributed by atoms with Crippen LogP contribution in [0.15, 0.2) is 0 Å². The molecule has 0 aromatic carbocycles. The number of hydrogen-bond donors (Lipinski definition) is 3. The van der Waals surface area contributed by atoms with E-state index >= 15 is 0 Å². The summed E-state index contributed by atoms with van der Waals surface area (Å²) in [5, 5.41) is 4.88. The molecule has 13 heavy (non-hydrogen) atoms. The average molecular weight is 187 g/mol. The van der Waals surface area contributed by atoms with Crippen LogP contribution in [0.1, 0.15) is 20.8 Å². The minimum absolute atomic E-state index is 0.0440. The summed E-state index contributed by atoms with van der Waals surface area (Å²) in [4.78, 5) is 21.2. The highest BCUT2D eigenvalue weighted by molar-refractivity contribution is 5.83. The van der Waals surface area contributed by atoms with E-state index in [1.165, 1.54) is 0 Å². The predicted octanol–water partition coefficient (Wildman–Crippen LogP) is -0.183. The van der Waals surface area contributed by atoms with Gasteiger partial charge in [0.1, 0.15) is 0 Å². The fourth-order valence-corrected chi connectivity index (χ4v) is 0.594. The molecule has 0 rings (SSSR count). The van der Waals surface area contributed by atoms with Crippen molar-refractivity contribution in [2.75, 3.05) is 13.1 Å². The molecule has 0 heterocycles. The summed E-state index contributed by atoms with van der Waals surface area (Å²) in [5.41, 5.74) is 4.84. The van der Waals surface area contributed by atoms with Crippen LogP contribution in [0.5, 0.6) is 0 Å². The van der Waals surface area contributed by atoms with Crippen molar-refractivity contribution in [1.82, 2.24) is 10.6 Å². The van der Waals surface area contributed by atoms with E-state index in [2.05, 4.69) is 10.6 Å². The minimum atomic E-state index is -0.689. The first-order valence-electron chi connectivity index (χ1n) is 4.11. The van der Waals surface area contributed by atoms with Crippen LogP contribution in [0.2, 0.25) is 0 Å². The van der Waals surface area contributed by atoms with E-state index in [1.54, 1.807) is 0 Å². The lowest BCUT2D eigenvalue weighted by molar-refractivity contribution is -0.120. The maximum absolute atomic E-state index is 11.0. The third-order valence-corrected chi connectivity index (χ3v) is 1.24. The quantitative estimate of drug-likeness (QED) is 0.572. The van der Waals surface area contributed by atoms with Crippen molar-refractivity contribution in [3.05, 3.63) is 0 Å². The maximum atomic E-state index is 11.0. The number of amides is 3. The van der Waals surface area contributed by atoms with Crippen LogP contribution < -0.4 is 16.4 Å². The van der Waals surface area contributed by atoms with Gasteiger partial charge in [-0.1, -0.05) is 20.8 Å². The van der Waals surface area contributed by atoms with Gasteiger partial charge in [0.25, 0.3) is 0 Å². The summed E-state index contributed by atoms with van der Waals surface area (Å²) in [6, 6.07) is -0.689. The molecule has 0 aliphatic carbocycles. The van der Waals surface area contributed by atoms with E-state index in [1.807, 2.05) is 20.8 Å². The van der Waals surface area contributed by atoms with Crippen LogP contribution in [0.3, 0.4) is 0 Å². The molecule has 0 aromatic rings. The molecule has 0 aliphatic heterocycles. The van der Waals surface area contributed by atoms with E-state index in [0.29, 0.717) is 6.54 Å². The van der Waals surface area contributed by atoms with E-state index in [4.69, 9.17) is 5.73 Å². The van der Waals surface area contributed by atoms with Crippen molar-refractivity contribution in [1.29, 1.82) is 0 Å². The van der Waals surface area contributed by atoms with Gasteiger partial charge in [0.2, 0.25) is 5.91 Å². The Morgan fingerprint density at radius 1 is 1.23 bits per heavy atom. The van der Waals surface area contributed by atoms with Crippen LogP contribution in [-0.2, 0) is 4.79 Å². The molecule has 0 aromatic heterocycles. The van der Waals surface area contributed by atoms with E-state index in [-0.39, 0.29) is 17.9 Å². The summed E-state index contributed by atoms with van der Waals surface area (Å²) in [6.07, 6.45) is 0. The number of carbonyl (C=O) groups excluding carboxylic acids is 2. The lowest BCUT2D eigenvalue weighted by Gasteiger charge is -2.18. The highest BCUT2D eigenvalue weighted by Gasteiger charge is 2.11. The number of nitrogens with two attached hydrogens (primary N) is 1. The normalized spacial score (nSPS) is 10.7. The topological polar surface area (TPSA) is 84.2 Å². The van der Waals surface area contributed by atoms with Crippen molar-refractivity contribution in [3.8, 4) is 0 Å². The van der Waals surface area contributed by atoms with E-state index < -0.39 is 6.03 Å². The fraction of sp³-hybridized carbons (Fsp3) is 0.750. The van der Waals surface area contributed by atoms with Crippen molar-refractivity contribution < 1.29 is 9.59 Å². The Bertz CT molecular complexity index is 196. The molecule has 0 bridgehead atoms. The number of hydrogen-bond acceptors (Lipinski definition) is 2. The van der Waals surface area contributed by atoms with Crippen molar-refractivity contribution in [2.45, 2.75) is 20.8 Å². The zero-order chi connectivity index (χ0) is 10.5. The van der Waals surface area contributed by atoms with Gasteiger partial charge in [-0.3, -0.25) is 4.79 Å². The number of carbonyl (C=O) groups is 2. The molecular weight excluding hydrogens is 170 g/mol. The first-order chi connectivity index (χ1) is 5.81. The van der Waals surface area contributed by atoms with Gasteiger partial charge in [0, 0.05) is 6.54 Å². The van der Waals surface area contributed by atoms with Gasteiger partial charge < -0.3 is 16.4 Å². The zero-order valence-corrected chi connectivity index (χ0v) is 8.31. The molecule has 0 fully saturated rings. The van der Waals surface area contributed by atoms with Gasteiger partial charge in [-0.15, -0.1) is 0 Å². The summed E-state index contributed by atoms with van der Waals surface area (Å²) >= 11 is 0. The number of primary amides is 1. The van der Waals surface area contributed by atoms with Gasteiger partial charge >= 0.3 is 6.03 Å². The van der Waals surface area contributed by atoms with Crippen LogP contribution in [0, 0.1) is 5.41 Å². The number of rotatable bonds is 3. The first kappa shape index (κ1) is 11.7. The molecule has 0 aliphatic rings. The second-order valence-corrected chi connectivity index (χ2v) is 4.06. The lowest BCUT2D eigenvalue weighted by atomic mass is 9.97. The van der Waals surface area contributed by atoms with Crippen molar-refractivity contribution in [3.63, 3.8) is 0 Å². The third kappa shape index (κ3) is 8.65. The Morgan fingerprint density at radius 3 is 2.15 bits per heavy atom. The van der Waals surface area contributed by atoms with Gasteiger partial charge in [-0.05, 0) is 5.41 Å². The van der Waals surface area contributed by atoms with Gasteiger partial charge in [0.05, 0.1) is 6.54 Å². The highest BCUT2D eigenvalue weighted by atomic mass is 16.2. The highest BCUT2D eigenvalue weighted by Crippen LogP contribution is 2.09. The molecule has 76 valence electrons. The fourth-order valence-electron chi connectivity index (χ4n) is 0.594. The summed E-state index contributed by atoms with van der Waals surface area (Å²) < 4.78 is 0. The number of nitrogens with one attached hydrogen (secondary N) is 2. The number of urea groups is 1. The van der Waals surface area contributed by atoms with E-state index in [9.17, 15) is 9.59 Å². The standard InChI is InChI=1S/C8H17N3O2/c1-8(2,3)5-11-6(12)4-10-7(9)13/h4-5H2,1-3H3,(H,11,12)(H3,9,10,13). The minimum Gasteiger partial charge on any atom is -0.354 e. The smallest absolute Gasteiger partial charge is 0.312 e. The maximum Gasteiger partial charge on any atom is 0.312 e. The molecule has 4 N–H and O–H groups in total. The van der Waals surface area contributed by atoms with Gasteiger partial charge in [-0.25, -0.2) is 4.79 Å². The van der Waals surface area contributed by atoms with Crippen molar-refractivity contribution in [2.24, 2.45) is 11.1 Å². The lowest BCUT2D eigenvalue weighted by Crippen LogP contribution is -2.41. The zero-order valence-electron chi connectivity index (χ0n) is 8.31. The van der Waals surface area contributed by atoms with Crippen LogP contribution in [0.25, 0.3) is 0 Å². The Labute approximate surface area is 78.1 Å². The molecule has 0 saturated carbocycles. The Balaban J connectivity index is 3.58. The molecule has 0 spiro atoms. The van der Waals surface area contributed by atoms with Crippen LogP contribution in [0.4, 0.5) is 4.79 Å². The summed E-state index contributed by atoms with van der Waals surface area (Å²) in [5.74, 6) is -0.228. The third-order valence-electron chi connectivity index (χ3n) is 1.24. The second kappa shape index (κ2) is 4.69. The molecule has 0 atom stereocenters. The molecule has 5 heteroatoms. The molecule has 0 saturated heterocycles. The Kier molecular flexibility index (Phi) is 4.23. The largest absolute Gasteiger partial charge is 0.354 e. The van der Waals surface area contributed by atoms with Gasteiger partial charge in [0.15, 0.2) is 0 Å². The molecular formula is C8H17N3O2. The van der Waals surface area contributed by atoms with Gasteiger partial charge in [-0.2, -0.15) is 0 Å².